The maximum atomic E-state index is 11.8. The molecule has 2 rings (SSSR count). The third kappa shape index (κ3) is 2.00. The monoisotopic (exact) mass is 253 g/mol. The Balaban J connectivity index is 2.55. The second kappa shape index (κ2) is 4.10. The molecule has 1 aliphatic rings. The number of phenols is 1. The molecule has 1 aromatic carbocycles. The standard InChI is InChI=1S/C13H19NO2S/c1-13(2)10-7-9(15)5-4-8(10)6-11(12(13)14)17(3)16/h4-5,7,11-12,15H,6,14H2,1-3H3/t11-,12-,17?/m1/s1. The molecule has 1 aromatic rings. The van der Waals surface area contributed by atoms with E-state index in [0.717, 1.165) is 17.5 Å². The first-order valence-electron chi connectivity index (χ1n) is 5.74. The topological polar surface area (TPSA) is 63.3 Å². The molecule has 0 aliphatic heterocycles. The van der Waals surface area contributed by atoms with Gasteiger partial charge in [-0.1, -0.05) is 19.9 Å². The maximum Gasteiger partial charge on any atom is 0.115 e. The Bertz CT molecular complexity index is 470. The largest absolute Gasteiger partial charge is 0.508 e. The van der Waals surface area contributed by atoms with Crippen LogP contribution in [0.15, 0.2) is 18.2 Å². The number of aromatic hydroxyl groups is 1. The third-order valence-electron chi connectivity index (χ3n) is 3.87. The lowest BCUT2D eigenvalue weighted by molar-refractivity contribution is 0.365. The van der Waals surface area contributed by atoms with E-state index in [1.54, 1.807) is 18.4 Å². The summed E-state index contributed by atoms with van der Waals surface area (Å²) >= 11 is 0. The van der Waals surface area contributed by atoms with Crippen molar-refractivity contribution in [2.75, 3.05) is 6.26 Å². The number of benzene rings is 1. The summed E-state index contributed by atoms with van der Waals surface area (Å²) in [6.45, 7) is 4.10. The minimum atomic E-state index is -0.929. The van der Waals surface area contributed by atoms with Crippen LogP contribution in [0.25, 0.3) is 0 Å². The minimum absolute atomic E-state index is 0.0120. The fourth-order valence-electron chi connectivity index (χ4n) is 2.65. The van der Waals surface area contributed by atoms with Crippen LogP contribution in [-0.4, -0.2) is 26.9 Å². The molecular weight excluding hydrogens is 234 g/mol. The first-order valence-corrected chi connectivity index (χ1v) is 7.36. The summed E-state index contributed by atoms with van der Waals surface area (Å²) < 4.78 is 11.8. The van der Waals surface area contributed by atoms with Crippen molar-refractivity contribution < 1.29 is 9.32 Å². The zero-order chi connectivity index (χ0) is 12.8. The molecule has 0 aromatic heterocycles. The van der Waals surface area contributed by atoms with E-state index < -0.39 is 10.8 Å². The van der Waals surface area contributed by atoms with Crippen LogP contribution in [-0.2, 0) is 22.6 Å². The first-order chi connectivity index (χ1) is 7.84. The quantitative estimate of drug-likeness (QED) is 0.793. The van der Waals surface area contributed by atoms with Gasteiger partial charge in [-0.15, -0.1) is 0 Å². The molecule has 0 fully saturated rings. The molecule has 1 unspecified atom stereocenters. The maximum absolute atomic E-state index is 11.8. The number of hydrogen-bond donors (Lipinski definition) is 2. The fourth-order valence-corrected chi connectivity index (χ4v) is 3.82. The summed E-state index contributed by atoms with van der Waals surface area (Å²) in [6.07, 6.45) is 2.44. The molecule has 0 saturated carbocycles. The Labute approximate surface area is 104 Å². The summed E-state index contributed by atoms with van der Waals surface area (Å²) in [5.41, 5.74) is 8.21. The van der Waals surface area contributed by atoms with Crippen LogP contribution in [0, 0.1) is 0 Å². The lowest BCUT2D eigenvalue weighted by Gasteiger charge is -2.42. The molecule has 3 atom stereocenters. The molecule has 17 heavy (non-hydrogen) atoms. The molecule has 0 amide bonds. The summed E-state index contributed by atoms with van der Waals surface area (Å²) in [5, 5.41) is 9.57. The molecule has 0 heterocycles. The Morgan fingerprint density at radius 3 is 2.71 bits per heavy atom. The molecule has 3 N–H and O–H groups in total. The van der Waals surface area contributed by atoms with E-state index in [1.165, 1.54) is 0 Å². The molecule has 4 heteroatoms. The van der Waals surface area contributed by atoms with Gasteiger partial charge in [0.05, 0.1) is 5.25 Å². The van der Waals surface area contributed by atoms with Gasteiger partial charge in [-0.05, 0) is 29.7 Å². The zero-order valence-electron chi connectivity index (χ0n) is 10.4. The van der Waals surface area contributed by atoms with E-state index in [-0.39, 0.29) is 22.5 Å². The van der Waals surface area contributed by atoms with Crippen molar-refractivity contribution in [3.05, 3.63) is 29.3 Å². The van der Waals surface area contributed by atoms with Gasteiger partial charge >= 0.3 is 0 Å². The SMILES string of the molecule is CS(=O)[C@@H]1Cc2ccc(O)cc2C(C)(C)[C@@H]1N. The molecule has 0 bridgehead atoms. The van der Waals surface area contributed by atoms with Gasteiger partial charge in [0.1, 0.15) is 5.75 Å². The van der Waals surface area contributed by atoms with Crippen molar-refractivity contribution in [3.8, 4) is 5.75 Å². The lowest BCUT2D eigenvalue weighted by Crippen LogP contribution is -2.54. The normalized spacial score (nSPS) is 28.5. The Morgan fingerprint density at radius 2 is 2.12 bits per heavy atom. The molecule has 0 spiro atoms. The zero-order valence-corrected chi connectivity index (χ0v) is 11.3. The number of hydrogen-bond acceptors (Lipinski definition) is 3. The highest BCUT2D eigenvalue weighted by Crippen LogP contribution is 2.39. The van der Waals surface area contributed by atoms with Crippen LogP contribution >= 0.6 is 0 Å². The van der Waals surface area contributed by atoms with Crippen molar-refractivity contribution in [1.82, 2.24) is 0 Å². The van der Waals surface area contributed by atoms with Crippen molar-refractivity contribution in [3.63, 3.8) is 0 Å². The molecule has 94 valence electrons. The van der Waals surface area contributed by atoms with Gasteiger partial charge in [-0.3, -0.25) is 4.21 Å². The van der Waals surface area contributed by atoms with Crippen molar-refractivity contribution in [1.29, 1.82) is 0 Å². The molecule has 0 saturated heterocycles. The predicted molar refractivity (Wildman–Crippen MR) is 70.7 cm³/mol. The van der Waals surface area contributed by atoms with E-state index in [1.807, 2.05) is 6.07 Å². The minimum Gasteiger partial charge on any atom is -0.508 e. The van der Waals surface area contributed by atoms with Gasteiger partial charge in [-0.2, -0.15) is 0 Å². The van der Waals surface area contributed by atoms with E-state index in [9.17, 15) is 9.32 Å². The fraction of sp³-hybridized carbons (Fsp3) is 0.538. The van der Waals surface area contributed by atoms with Gasteiger partial charge in [0.15, 0.2) is 0 Å². The van der Waals surface area contributed by atoms with Crippen LogP contribution in [0.3, 0.4) is 0 Å². The highest BCUT2D eigenvalue weighted by molar-refractivity contribution is 7.85. The highest BCUT2D eigenvalue weighted by atomic mass is 32.2. The van der Waals surface area contributed by atoms with Gasteiger partial charge in [0.25, 0.3) is 0 Å². The first kappa shape index (κ1) is 12.6. The smallest absolute Gasteiger partial charge is 0.115 e. The number of phenolic OH excluding ortho intramolecular Hbond substituents is 1. The number of nitrogens with two attached hydrogens (primary N) is 1. The van der Waals surface area contributed by atoms with Gasteiger partial charge in [0.2, 0.25) is 0 Å². The average molecular weight is 253 g/mol. The van der Waals surface area contributed by atoms with E-state index in [2.05, 4.69) is 13.8 Å². The van der Waals surface area contributed by atoms with E-state index in [4.69, 9.17) is 5.73 Å². The Hall–Kier alpha value is -0.870. The van der Waals surface area contributed by atoms with Gasteiger partial charge in [0, 0.05) is 28.5 Å². The van der Waals surface area contributed by atoms with Crippen LogP contribution in [0.4, 0.5) is 0 Å². The van der Waals surface area contributed by atoms with E-state index in [0.29, 0.717) is 0 Å². The highest BCUT2D eigenvalue weighted by Gasteiger charge is 2.41. The average Bonchev–Trinajstić information content (AvgIpc) is 2.24. The third-order valence-corrected chi connectivity index (χ3v) is 5.18. The molecule has 3 nitrogen and oxygen atoms in total. The van der Waals surface area contributed by atoms with Crippen molar-refractivity contribution in [2.24, 2.45) is 5.73 Å². The number of fused-ring (bicyclic) bond motifs is 1. The summed E-state index contributed by atoms with van der Waals surface area (Å²) in [7, 11) is -0.929. The molecule has 0 radical (unpaired) electrons. The van der Waals surface area contributed by atoms with E-state index >= 15 is 0 Å². The summed E-state index contributed by atoms with van der Waals surface area (Å²) in [4.78, 5) is 0. The second-order valence-corrected chi connectivity index (χ2v) is 6.93. The lowest BCUT2D eigenvalue weighted by atomic mass is 9.69. The predicted octanol–water partition coefficient (Wildman–Crippen LogP) is 1.30. The number of rotatable bonds is 1. The van der Waals surface area contributed by atoms with Crippen LogP contribution < -0.4 is 5.73 Å². The van der Waals surface area contributed by atoms with Crippen molar-refractivity contribution >= 4 is 10.8 Å². The second-order valence-electron chi connectivity index (χ2n) is 5.33. The Kier molecular flexibility index (Phi) is 3.04. The van der Waals surface area contributed by atoms with Crippen molar-refractivity contribution in [2.45, 2.75) is 37.0 Å². The summed E-state index contributed by atoms with van der Waals surface area (Å²) in [5.74, 6) is 0.264. The van der Waals surface area contributed by atoms with Crippen LogP contribution in [0.5, 0.6) is 5.75 Å². The van der Waals surface area contributed by atoms with Gasteiger partial charge < -0.3 is 10.8 Å². The molecular formula is C13H19NO2S. The Morgan fingerprint density at radius 1 is 1.47 bits per heavy atom. The van der Waals surface area contributed by atoms with Crippen LogP contribution in [0.1, 0.15) is 25.0 Å². The van der Waals surface area contributed by atoms with Crippen LogP contribution in [0.2, 0.25) is 0 Å². The van der Waals surface area contributed by atoms with Gasteiger partial charge in [-0.25, -0.2) is 0 Å². The summed E-state index contributed by atoms with van der Waals surface area (Å²) in [6, 6.07) is 5.23. The molecule has 1 aliphatic carbocycles.